The Morgan fingerprint density at radius 1 is 0.917 bits per heavy atom. The van der Waals surface area contributed by atoms with Gasteiger partial charge in [-0.1, -0.05) is 30.3 Å². The lowest BCUT2D eigenvalue weighted by Crippen LogP contribution is -2.44. The first-order valence-corrected chi connectivity index (χ1v) is 12.2. The summed E-state index contributed by atoms with van der Waals surface area (Å²) in [5, 5.41) is 8.97. The van der Waals surface area contributed by atoms with E-state index in [2.05, 4.69) is 79.8 Å². The maximum atomic E-state index is 4.90. The third-order valence-corrected chi connectivity index (χ3v) is 6.59. The summed E-state index contributed by atoms with van der Waals surface area (Å²) >= 11 is 0. The minimum absolute atomic E-state index is 0.577. The average molecular weight is 477 g/mol. The molecule has 3 aromatic heterocycles. The van der Waals surface area contributed by atoms with Gasteiger partial charge in [0.2, 0.25) is 5.95 Å². The number of aromatic nitrogens is 5. The molecule has 1 saturated heterocycles. The summed E-state index contributed by atoms with van der Waals surface area (Å²) in [6.45, 7) is 4.89. The SMILES string of the molecule is CN1CCN(c2cccc(Nc3ncc4cccc(-c5cnn(Cc6cccnc6)c5)c4n3)c2)CC1. The molecule has 1 aliphatic rings. The van der Waals surface area contributed by atoms with Gasteiger partial charge in [0.15, 0.2) is 0 Å². The second-order valence-corrected chi connectivity index (χ2v) is 9.19. The molecule has 1 aliphatic heterocycles. The quantitative estimate of drug-likeness (QED) is 0.389. The highest BCUT2D eigenvalue weighted by molar-refractivity contribution is 5.93. The molecule has 2 aromatic carbocycles. The number of anilines is 3. The molecule has 0 atom stereocenters. The third-order valence-electron chi connectivity index (χ3n) is 6.59. The van der Waals surface area contributed by atoms with Crippen LogP contribution in [0.3, 0.4) is 0 Å². The van der Waals surface area contributed by atoms with Gasteiger partial charge in [-0.15, -0.1) is 0 Å². The van der Waals surface area contributed by atoms with Crippen LogP contribution in [0.15, 0.2) is 85.6 Å². The molecule has 6 rings (SSSR count). The van der Waals surface area contributed by atoms with Crippen molar-refractivity contribution >= 4 is 28.2 Å². The van der Waals surface area contributed by atoms with E-state index < -0.39 is 0 Å². The van der Waals surface area contributed by atoms with Crippen LogP contribution >= 0.6 is 0 Å². The number of nitrogens with zero attached hydrogens (tertiary/aromatic N) is 7. The molecule has 8 heteroatoms. The molecule has 1 fully saturated rings. The van der Waals surface area contributed by atoms with Crippen molar-refractivity contribution in [3.63, 3.8) is 0 Å². The van der Waals surface area contributed by atoms with E-state index in [9.17, 15) is 0 Å². The summed E-state index contributed by atoms with van der Waals surface area (Å²) in [5.41, 5.74) is 6.25. The predicted octanol–water partition coefficient (Wildman–Crippen LogP) is 4.43. The zero-order valence-electron chi connectivity index (χ0n) is 20.2. The molecule has 36 heavy (non-hydrogen) atoms. The van der Waals surface area contributed by atoms with Crippen LogP contribution < -0.4 is 10.2 Å². The third kappa shape index (κ3) is 4.76. The summed E-state index contributed by atoms with van der Waals surface area (Å²) in [5.74, 6) is 0.577. The zero-order chi connectivity index (χ0) is 24.3. The minimum Gasteiger partial charge on any atom is -0.369 e. The standard InChI is InChI=1S/C28H28N8/c1-34-11-13-35(14-12-34)25-8-3-7-24(15-25)32-28-30-17-22-6-2-9-26(27(22)33-28)23-18-31-36(20-23)19-21-5-4-10-29-16-21/h2-10,15-18,20H,11-14,19H2,1H3,(H,30,32,33). The maximum absolute atomic E-state index is 4.90. The van der Waals surface area contributed by atoms with Crippen LogP contribution in [0, 0.1) is 0 Å². The Hall–Kier alpha value is -4.30. The molecular formula is C28H28N8. The molecule has 180 valence electrons. The summed E-state index contributed by atoms with van der Waals surface area (Å²) in [7, 11) is 2.17. The van der Waals surface area contributed by atoms with E-state index in [4.69, 9.17) is 4.98 Å². The van der Waals surface area contributed by atoms with Gasteiger partial charge >= 0.3 is 0 Å². The second kappa shape index (κ2) is 9.75. The average Bonchev–Trinajstić information content (AvgIpc) is 3.38. The molecule has 0 unspecified atom stereocenters. The van der Waals surface area contributed by atoms with Crippen molar-refractivity contribution < 1.29 is 0 Å². The Morgan fingerprint density at radius 2 is 1.81 bits per heavy atom. The van der Waals surface area contributed by atoms with Crippen molar-refractivity contribution in [1.29, 1.82) is 0 Å². The number of pyridine rings is 1. The summed E-state index contributed by atoms with van der Waals surface area (Å²) in [4.78, 5) is 18.5. The lowest BCUT2D eigenvalue weighted by Gasteiger charge is -2.34. The van der Waals surface area contributed by atoms with Gasteiger partial charge in [-0.25, -0.2) is 9.97 Å². The van der Waals surface area contributed by atoms with Crippen molar-refractivity contribution in [1.82, 2.24) is 29.6 Å². The molecule has 8 nitrogen and oxygen atoms in total. The Balaban J connectivity index is 1.26. The van der Waals surface area contributed by atoms with Crippen molar-refractivity contribution in [2.45, 2.75) is 6.54 Å². The Morgan fingerprint density at radius 3 is 2.67 bits per heavy atom. The number of rotatable bonds is 6. The monoisotopic (exact) mass is 476 g/mol. The molecule has 0 aliphatic carbocycles. The normalized spacial score (nSPS) is 14.3. The number of fused-ring (bicyclic) bond motifs is 1. The summed E-state index contributed by atoms with van der Waals surface area (Å²) < 4.78 is 1.93. The van der Waals surface area contributed by atoms with Gasteiger partial charge in [0.1, 0.15) is 0 Å². The summed E-state index contributed by atoms with van der Waals surface area (Å²) in [6.07, 6.45) is 9.46. The second-order valence-electron chi connectivity index (χ2n) is 9.19. The first kappa shape index (κ1) is 22.2. The van der Waals surface area contributed by atoms with E-state index in [0.717, 1.165) is 59.5 Å². The zero-order valence-corrected chi connectivity index (χ0v) is 20.2. The molecule has 4 heterocycles. The highest BCUT2D eigenvalue weighted by Crippen LogP contribution is 2.29. The number of benzene rings is 2. The molecular weight excluding hydrogens is 448 g/mol. The molecule has 0 bridgehead atoms. The first-order valence-electron chi connectivity index (χ1n) is 12.2. The van der Waals surface area contributed by atoms with Crippen LogP contribution in [0.5, 0.6) is 0 Å². The van der Waals surface area contributed by atoms with E-state index in [-0.39, 0.29) is 0 Å². The minimum atomic E-state index is 0.577. The number of hydrogen-bond acceptors (Lipinski definition) is 7. The molecule has 0 radical (unpaired) electrons. The highest BCUT2D eigenvalue weighted by Gasteiger charge is 2.15. The first-order chi connectivity index (χ1) is 17.7. The van der Waals surface area contributed by atoms with Crippen molar-refractivity contribution in [2.75, 3.05) is 43.4 Å². The molecule has 5 aromatic rings. The number of likely N-dealkylation sites (N-methyl/N-ethyl adjacent to an activating group) is 1. The van der Waals surface area contributed by atoms with Gasteiger partial charge in [0, 0.05) is 78.9 Å². The van der Waals surface area contributed by atoms with Gasteiger partial charge in [-0.2, -0.15) is 5.10 Å². The van der Waals surface area contributed by atoms with Crippen LogP contribution in [0.25, 0.3) is 22.0 Å². The van der Waals surface area contributed by atoms with Crippen molar-refractivity contribution in [3.05, 3.63) is 91.1 Å². The number of nitrogens with one attached hydrogen (secondary N) is 1. The van der Waals surface area contributed by atoms with Crippen molar-refractivity contribution in [2.24, 2.45) is 0 Å². The topological polar surface area (TPSA) is 75.0 Å². The maximum Gasteiger partial charge on any atom is 0.227 e. The van der Waals surface area contributed by atoms with Crippen LogP contribution in [-0.2, 0) is 6.54 Å². The van der Waals surface area contributed by atoms with Gasteiger partial charge in [-0.3, -0.25) is 9.67 Å². The Bertz CT molecular complexity index is 1470. The smallest absolute Gasteiger partial charge is 0.227 e. The van der Waals surface area contributed by atoms with Crippen molar-refractivity contribution in [3.8, 4) is 11.1 Å². The van der Waals surface area contributed by atoms with Gasteiger partial charge in [0.25, 0.3) is 0 Å². The van der Waals surface area contributed by atoms with E-state index in [1.165, 1.54) is 5.69 Å². The lowest BCUT2D eigenvalue weighted by atomic mass is 10.1. The number of hydrogen-bond donors (Lipinski definition) is 1. The predicted molar refractivity (Wildman–Crippen MR) is 144 cm³/mol. The molecule has 0 saturated carbocycles. The lowest BCUT2D eigenvalue weighted by molar-refractivity contribution is 0.313. The van der Waals surface area contributed by atoms with Crippen LogP contribution in [0.4, 0.5) is 17.3 Å². The van der Waals surface area contributed by atoms with Gasteiger partial charge < -0.3 is 15.1 Å². The fourth-order valence-electron chi connectivity index (χ4n) is 4.59. The van der Waals surface area contributed by atoms with Crippen LogP contribution in [0.2, 0.25) is 0 Å². The van der Waals surface area contributed by atoms with E-state index in [0.29, 0.717) is 12.5 Å². The van der Waals surface area contributed by atoms with Gasteiger partial charge in [-0.05, 0) is 36.9 Å². The highest BCUT2D eigenvalue weighted by atomic mass is 15.3. The fraction of sp³-hybridized carbons (Fsp3) is 0.214. The summed E-state index contributed by atoms with van der Waals surface area (Å²) in [6, 6.07) is 18.6. The molecule has 0 amide bonds. The van der Waals surface area contributed by atoms with Crippen LogP contribution in [0.1, 0.15) is 5.56 Å². The van der Waals surface area contributed by atoms with Crippen LogP contribution in [-0.4, -0.2) is 62.9 Å². The largest absolute Gasteiger partial charge is 0.369 e. The van der Waals surface area contributed by atoms with Gasteiger partial charge in [0.05, 0.1) is 18.3 Å². The number of para-hydroxylation sites is 1. The van der Waals surface area contributed by atoms with E-state index in [1.807, 2.05) is 41.5 Å². The van der Waals surface area contributed by atoms with E-state index in [1.54, 1.807) is 6.20 Å². The molecule has 0 spiro atoms. The Kier molecular flexibility index (Phi) is 6.01. The fourth-order valence-corrected chi connectivity index (χ4v) is 4.59. The molecule has 1 N–H and O–H groups in total. The van der Waals surface area contributed by atoms with E-state index >= 15 is 0 Å². The number of piperazine rings is 1. The Labute approximate surface area is 210 Å².